The minimum absolute atomic E-state index is 0.158. The van der Waals surface area contributed by atoms with Crippen molar-refractivity contribution in [1.82, 2.24) is 14.6 Å². The first kappa shape index (κ1) is 21.2. The normalized spacial score (nSPS) is 15.6. The standard InChI is InChI=1S/C26H24N4O2S/c1-17-13-22(18(2)29(17)16-20-8-6-12-33-20)26(32)30-24(21-9-3-4-10-25(21)31)14-23(28-30)19-7-5-11-27-15-19/h3-13,15,24,31H,14,16H2,1-2H3. The number of rotatable bonds is 5. The van der Waals surface area contributed by atoms with E-state index in [-0.39, 0.29) is 11.7 Å². The smallest absolute Gasteiger partial charge is 0.276 e. The lowest BCUT2D eigenvalue weighted by molar-refractivity contribution is 0.0709. The molecule has 1 aliphatic heterocycles. The van der Waals surface area contributed by atoms with Gasteiger partial charge in [0.2, 0.25) is 0 Å². The Labute approximate surface area is 196 Å². The van der Waals surface area contributed by atoms with Crippen LogP contribution in [0.15, 0.2) is 77.5 Å². The summed E-state index contributed by atoms with van der Waals surface area (Å²) in [5.74, 6) is -0.0150. The van der Waals surface area contributed by atoms with Crippen LogP contribution in [0.3, 0.4) is 0 Å². The fraction of sp³-hybridized carbons (Fsp3) is 0.192. The molecule has 6 nitrogen and oxygen atoms in total. The molecule has 1 aliphatic rings. The molecule has 1 amide bonds. The van der Waals surface area contributed by atoms with Gasteiger partial charge in [-0.1, -0.05) is 30.3 Å². The number of phenolic OH excluding ortho intramolecular Hbond substituents is 1. The first-order chi connectivity index (χ1) is 16.0. The summed E-state index contributed by atoms with van der Waals surface area (Å²) in [6, 6.07) is 16.6. The lowest BCUT2D eigenvalue weighted by Gasteiger charge is -2.23. The number of aryl methyl sites for hydroxylation is 1. The van der Waals surface area contributed by atoms with Crippen LogP contribution in [0.25, 0.3) is 0 Å². The third-order valence-corrected chi connectivity index (χ3v) is 6.97. The zero-order chi connectivity index (χ0) is 22.9. The second kappa shape index (κ2) is 8.67. The van der Waals surface area contributed by atoms with Gasteiger partial charge in [-0.2, -0.15) is 5.10 Å². The summed E-state index contributed by atoms with van der Waals surface area (Å²) in [5.41, 5.74) is 4.89. The first-order valence-electron chi connectivity index (χ1n) is 10.8. The molecular weight excluding hydrogens is 432 g/mol. The number of benzene rings is 1. The number of thiophene rings is 1. The van der Waals surface area contributed by atoms with E-state index >= 15 is 0 Å². The zero-order valence-corrected chi connectivity index (χ0v) is 19.3. The van der Waals surface area contributed by atoms with E-state index in [0.29, 0.717) is 17.5 Å². The van der Waals surface area contributed by atoms with Crippen molar-refractivity contribution in [2.45, 2.75) is 32.9 Å². The van der Waals surface area contributed by atoms with Gasteiger partial charge in [-0.25, -0.2) is 5.01 Å². The molecule has 1 aromatic carbocycles. The third-order valence-electron chi connectivity index (χ3n) is 6.11. The van der Waals surface area contributed by atoms with Gasteiger partial charge in [0.05, 0.1) is 23.9 Å². The number of phenols is 1. The number of carbonyl (C=O) groups excluding carboxylic acids is 1. The fourth-order valence-electron chi connectivity index (χ4n) is 4.36. The monoisotopic (exact) mass is 456 g/mol. The highest BCUT2D eigenvalue weighted by Crippen LogP contribution is 2.38. The highest BCUT2D eigenvalue weighted by atomic mass is 32.1. The van der Waals surface area contributed by atoms with Gasteiger partial charge >= 0.3 is 0 Å². The maximum Gasteiger partial charge on any atom is 0.276 e. The molecule has 7 heteroatoms. The van der Waals surface area contributed by atoms with Crippen LogP contribution in [-0.4, -0.2) is 31.3 Å². The van der Waals surface area contributed by atoms with Crippen molar-refractivity contribution >= 4 is 23.0 Å². The molecule has 0 spiro atoms. The highest BCUT2D eigenvalue weighted by Gasteiger charge is 2.36. The molecule has 166 valence electrons. The van der Waals surface area contributed by atoms with Gasteiger partial charge in [0, 0.05) is 46.2 Å². The Morgan fingerprint density at radius 2 is 2.00 bits per heavy atom. The summed E-state index contributed by atoms with van der Waals surface area (Å²) in [6.07, 6.45) is 3.97. The summed E-state index contributed by atoms with van der Waals surface area (Å²) >= 11 is 1.70. The van der Waals surface area contributed by atoms with E-state index in [1.54, 1.807) is 35.9 Å². The van der Waals surface area contributed by atoms with E-state index in [1.807, 2.05) is 50.2 Å². The number of aromatic nitrogens is 2. The molecule has 1 atom stereocenters. The van der Waals surface area contributed by atoms with Crippen molar-refractivity contribution in [3.8, 4) is 5.75 Å². The number of carbonyl (C=O) groups is 1. The zero-order valence-electron chi connectivity index (χ0n) is 18.5. The van der Waals surface area contributed by atoms with E-state index in [2.05, 4.69) is 21.0 Å². The van der Waals surface area contributed by atoms with Crippen molar-refractivity contribution < 1.29 is 9.90 Å². The Hall–Kier alpha value is -3.71. The number of para-hydroxylation sites is 1. The molecule has 1 unspecified atom stereocenters. The molecule has 0 aliphatic carbocycles. The van der Waals surface area contributed by atoms with Gasteiger partial charge in [0.1, 0.15) is 5.75 Å². The summed E-state index contributed by atoms with van der Waals surface area (Å²) in [4.78, 5) is 19.3. The average Bonchev–Trinajstić information content (AvgIpc) is 3.56. The molecule has 4 heterocycles. The topological polar surface area (TPSA) is 70.7 Å². The van der Waals surface area contributed by atoms with Crippen molar-refractivity contribution in [2.75, 3.05) is 0 Å². The van der Waals surface area contributed by atoms with Gasteiger partial charge in [-0.15, -0.1) is 11.3 Å². The second-order valence-corrected chi connectivity index (χ2v) is 9.20. The van der Waals surface area contributed by atoms with E-state index in [0.717, 1.165) is 29.2 Å². The number of aromatic hydroxyl groups is 1. The van der Waals surface area contributed by atoms with Crippen LogP contribution >= 0.6 is 11.3 Å². The molecule has 5 rings (SSSR count). The molecule has 3 aromatic heterocycles. The molecule has 0 bridgehead atoms. The Morgan fingerprint density at radius 1 is 1.15 bits per heavy atom. The van der Waals surface area contributed by atoms with Gasteiger partial charge < -0.3 is 9.67 Å². The molecule has 33 heavy (non-hydrogen) atoms. The van der Waals surface area contributed by atoms with Gasteiger partial charge in [-0.3, -0.25) is 9.78 Å². The second-order valence-electron chi connectivity index (χ2n) is 8.17. The number of hydrogen-bond acceptors (Lipinski definition) is 5. The Morgan fingerprint density at radius 3 is 2.73 bits per heavy atom. The minimum Gasteiger partial charge on any atom is -0.508 e. The van der Waals surface area contributed by atoms with Crippen molar-refractivity contribution in [3.63, 3.8) is 0 Å². The summed E-state index contributed by atoms with van der Waals surface area (Å²) in [7, 11) is 0. The van der Waals surface area contributed by atoms with Crippen LogP contribution in [0.1, 0.15) is 50.2 Å². The first-order valence-corrected chi connectivity index (χ1v) is 11.7. The molecule has 0 radical (unpaired) electrons. The summed E-state index contributed by atoms with van der Waals surface area (Å²) in [5, 5.41) is 18.9. The molecule has 1 N–H and O–H groups in total. The van der Waals surface area contributed by atoms with Crippen molar-refractivity contribution in [2.24, 2.45) is 5.10 Å². The maximum atomic E-state index is 13.8. The fourth-order valence-corrected chi connectivity index (χ4v) is 5.05. The van der Waals surface area contributed by atoms with Crippen LogP contribution in [0.2, 0.25) is 0 Å². The average molecular weight is 457 g/mol. The molecule has 0 saturated heterocycles. The summed E-state index contributed by atoms with van der Waals surface area (Å²) in [6.45, 7) is 4.73. The van der Waals surface area contributed by atoms with Crippen LogP contribution in [0.4, 0.5) is 0 Å². The molecule has 0 fully saturated rings. The number of hydrazone groups is 1. The number of nitrogens with zero attached hydrogens (tertiary/aromatic N) is 4. The SMILES string of the molecule is Cc1cc(C(=O)N2N=C(c3cccnc3)CC2c2ccccc2O)c(C)n1Cc1cccs1. The van der Waals surface area contributed by atoms with Crippen LogP contribution in [0, 0.1) is 13.8 Å². The van der Waals surface area contributed by atoms with Gasteiger partial charge in [0.15, 0.2) is 0 Å². The number of pyridine rings is 1. The maximum absolute atomic E-state index is 13.8. The van der Waals surface area contributed by atoms with Crippen LogP contribution in [-0.2, 0) is 6.54 Å². The van der Waals surface area contributed by atoms with Crippen LogP contribution in [0.5, 0.6) is 5.75 Å². The van der Waals surface area contributed by atoms with E-state index in [1.165, 1.54) is 9.89 Å². The lowest BCUT2D eigenvalue weighted by atomic mass is 9.98. The minimum atomic E-state index is -0.394. The quantitative estimate of drug-likeness (QED) is 0.443. The largest absolute Gasteiger partial charge is 0.508 e. The molecule has 4 aromatic rings. The molecule has 0 saturated carbocycles. The summed E-state index contributed by atoms with van der Waals surface area (Å²) < 4.78 is 2.16. The van der Waals surface area contributed by atoms with E-state index in [9.17, 15) is 9.90 Å². The van der Waals surface area contributed by atoms with E-state index < -0.39 is 6.04 Å². The molecular formula is C26H24N4O2S. The van der Waals surface area contributed by atoms with E-state index in [4.69, 9.17) is 5.10 Å². The number of amides is 1. The third kappa shape index (κ3) is 3.96. The predicted molar refractivity (Wildman–Crippen MR) is 130 cm³/mol. The highest BCUT2D eigenvalue weighted by molar-refractivity contribution is 7.09. The van der Waals surface area contributed by atoms with Crippen molar-refractivity contribution in [1.29, 1.82) is 0 Å². The van der Waals surface area contributed by atoms with Crippen LogP contribution < -0.4 is 0 Å². The number of hydrogen-bond donors (Lipinski definition) is 1. The van der Waals surface area contributed by atoms with Gasteiger partial charge in [-0.05, 0) is 43.5 Å². The Balaban J connectivity index is 1.54. The van der Waals surface area contributed by atoms with Crippen molar-refractivity contribution in [3.05, 3.63) is 105 Å². The Bertz CT molecular complexity index is 1330. The van der Waals surface area contributed by atoms with Gasteiger partial charge in [0.25, 0.3) is 5.91 Å². The Kier molecular flexibility index (Phi) is 5.56. The lowest BCUT2D eigenvalue weighted by Crippen LogP contribution is -2.27. The predicted octanol–water partition coefficient (Wildman–Crippen LogP) is 5.31.